The Morgan fingerprint density at radius 3 is 2.58 bits per heavy atom. The Hall–Kier alpha value is -2.36. The minimum Gasteiger partial charge on any atom is -0.493 e. The molecule has 164 valence electrons. The van der Waals surface area contributed by atoms with Crippen molar-refractivity contribution in [3.05, 3.63) is 53.1 Å². The van der Waals surface area contributed by atoms with Gasteiger partial charge in [0.1, 0.15) is 5.37 Å². The van der Waals surface area contributed by atoms with Crippen molar-refractivity contribution in [1.29, 1.82) is 0 Å². The fourth-order valence-corrected chi connectivity index (χ4v) is 4.76. The predicted octanol–water partition coefficient (Wildman–Crippen LogP) is 4.52. The standard InChI is InChI=1S/C21H22ClN3O4S2/c1-13(26)23-21-24-25(14(2)27)20(31-21)15-4-9-18(19(12-15)28-3)29-10-11-30-17-7-5-16(22)6-8-17/h4-9,12,20H,10-11H2,1-3H3,(H,23,24,26)/t20-/m1/s1. The number of hydrogen-bond acceptors (Lipinski definition) is 7. The van der Waals surface area contributed by atoms with E-state index in [1.165, 1.54) is 30.6 Å². The van der Waals surface area contributed by atoms with Crippen LogP contribution in [0.25, 0.3) is 0 Å². The first-order chi connectivity index (χ1) is 14.9. The molecule has 0 bridgehead atoms. The summed E-state index contributed by atoms with van der Waals surface area (Å²) in [7, 11) is 1.57. The largest absolute Gasteiger partial charge is 0.493 e. The molecule has 1 aliphatic rings. The summed E-state index contributed by atoms with van der Waals surface area (Å²) in [4.78, 5) is 24.5. The van der Waals surface area contributed by atoms with E-state index in [4.69, 9.17) is 21.1 Å². The van der Waals surface area contributed by atoms with Crippen LogP contribution < -0.4 is 14.8 Å². The van der Waals surface area contributed by atoms with Crippen LogP contribution in [0.2, 0.25) is 5.02 Å². The average molecular weight is 480 g/mol. The zero-order valence-corrected chi connectivity index (χ0v) is 19.6. The lowest BCUT2D eigenvalue weighted by Gasteiger charge is -2.20. The van der Waals surface area contributed by atoms with Gasteiger partial charge in [-0.15, -0.1) is 16.9 Å². The normalized spacial score (nSPS) is 15.4. The van der Waals surface area contributed by atoms with Crippen LogP contribution in [0.15, 0.2) is 52.5 Å². The Morgan fingerprint density at radius 2 is 1.94 bits per heavy atom. The number of carbonyl (C=O) groups is 2. The first kappa shape index (κ1) is 23.3. The van der Waals surface area contributed by atoms with Gasteiger partial charge in [0, 0.05) is 29.5 Å². The summed E-state index contributed by atoms with van der Waals surface area (Å²) >= 11 is 8.87. The van der Waals surface area contributed by atoms with Gasteiger partial charge in [0.2, 0.25) is 11.8 Å². The molecule has 0 aliphatic carbocycles. The second-order valence-electron chi connectivity index (χ2n) is 6.48. The average Bonchev–Trinajstić information content (AvgIpc) is 3.16. The quantitative estimate of drug-likeness (QED) is 0.464. The highest BCUT2D eigenvalue weighted by Crippen LogP contribution is 2.41. The fraction of sp³-hybridized carbons (Fsp3) is 0.286. The maximum atomic E-state index is 12.0. The third kappa shape index (κ3) is 6.32. The number of nitrogens with one attached hydrogen (secondary N) is 1. The van der Waals surface area contributed by atoms with Crippen molar-refractivity contribution in [2.24, 2.45) is 5.10 Å². The van der Waals surface area contributed by atoms with Gasteiger partial charge in [-0.3, -0.25) is 9.59 Å². The number of halogens is 1. The van der Waals surface area contributed by atoms with Gasteiger partial charge in [-0.1, -0.05) is 29.4 Å². The molecule has 0 saturated heterocycles. The molecular formula is C21H22ClN3O4S2. The molecule has 1 aliphatic heterocycles. The Morgan fingerprint density at radius 1 is 1.19 bits per heavy atom. The Kier molecular flexibility index (Phi) is 8.11. The number of nitrogens with zero attached hydrogens (tertiary/aromatic N) is 2. The van der Waals surface area contributed by atoms with E-state index in [1.807, 2.05) is 42.5 Å². The molecule has 7 nitrogen and oxygen atoms in total. The molecule has 1 heterocycles. The minimum atomic E-state index is -0.400. The SMILES string of the molecule is COc1cc([C@H]2SC(NC(C)=O)=NN2C(C)=O)ccc1OCCSc1ccc(Cl)cc1. The van der Waals surface area contributed by atoms with Crippen molar-refractivity contribution in [1.82, 2.24) is 10.3 Å². The smallest absolute Gasteiger partial charge is 0.241 e. The molecule has 2 aromatic rings. The summed E-state index contributed by atoms with van der Waals surface area (Å²) in [5.41, 5.74) is 0.809. The molecular weight excluding hydrogens is 458 g/mol. The minimum absolute atomic E-state index is 0.226. The summed E-state index contributed by atoms with van der Waals surface area (Å²) in [5, 5.41) is 8.87. The van der Waals surface area contributed by atoms with Crippen LogP contribution in [0, 0.1) is 0 Å². The van der Waals surface area contributed by atoms with Crippen molar-refractivity contribution in [2.45, 2.75) is 24.1 Å². The van der Waals surface area contributed by atoms with Gasteiger partial charge in [-0.25, -0.2) is 5.01 Å². The molecule has 3 rings (SSSR count). The van der Waals surface area contributed by atoms with Gasteiger partial charge in [0.05, 0.1) is 13.7 Å². The molecule has 0 aromatic heterocycles. The van der Waals surface area contributed by atoms with Crippen molar-refractivity contribution >= 4 is 52.1 Å². The lowest BCUT2D eigenvalue weighted by atomic mass is 10.2. The predicted molar refractivity (Wildman–Crippen MR) is 125 cm³/mol. The number of ether oxygens (including phenoxy) is 2. The maximum absolute atomic E-state index is 12.0. The molecule has 31 heavy (non-hydrogen) atoms. The highest BCUT2D eigenvalue weighted by atomic mass is 35.5. The lowest BCUT2D eigenvalue weighted by Crippen LogP contribution is -2.25. The number of carbonyl (C=O) groups excluding carboxylic acids is 2. The van der Waals surface area contributed by atoms with E-state index in [1.54, 1.807) is 18.9 Å². The van der Waals surface area contributed by atoms with Crippen LogP contribution in [-0.4, -0.2) is 41.5 Å². The number of thioether (sulfide) groups is 2. The van der Waals surface area contributed by atoms with Crippen molar-refractivity contribution < 1.29 is 19.1 Å². The summed E-state index contributed by atoms with van der Waals surface area (Å²) in [6, 6.07) is 13.2. The number of hydrogen-bond donors (Lipinski definition) is 1. The number of benzene rings is 2. The molecule has 1 N–H and O–H groups in total. The molecule has 2 amide bonds. The van der Waals surface area contributed by atoms with Crippen LogP contribution in [-0.2, 0) is 9.59 Å². The third-order valence-electron chi connectivity index (χ3n) is 4.15. The first-order valence-electron chi connectivity index (χ1n) is 9.39. The molecule has 0 radical (unpaired) electrons. The van der Waals surface area contributed by atoms with Crippen LogP contribution in [0.5, 0.6) is 11.5 Å². The van der Waals surface area contributed by atoms with E-state index in [2.05, 4.69) is 10.4 Å². The molecule has 2 aromatic carbocycles. The molecule has 1 atom stereocenters. The second-order valence-corrected chi connectivity index (χ2v) is 9.15. The number of hydrazone groups is 1. The lowest BCUT2D eigenvalue weighted by molar-refractivity contribution is -0.129. The molecule has 10 heteroatoms. The van der Waals surface area contributed by atoms with Gasteiger partial charge in [-0.05, 0) is 42.0 Å². The second kappa shape index (κ2) is 10.8. The van der Waals surface area contributed by atoms with Gasteiger partial charge in [0.25, 0.3) is 0 Å². The monoisotopic (exact) mass is 479 g/mol. The summed E-state index contributed by atoms with van der Waals surface area (Å²) in [5.74, 6) is 1.47. The Bertz CT molecular complexity index is 985. The number of rotatable bonds is 7. The van der Waals surface area contributed by atoms with Crippen LogP contribution in [0.4, 0.5) is 0 Å². The Balaban J connectivity index is 1.64. The van der Waals surface area contributed by atoms with E-state index in [-0.39, 0.29) is 11.8 Å². The summed E-state index contributed by atoms with van der Waals surface area (Å²) in [6.07, 6.45) is 0. The van der Waals surface area contributed by atoms with E-state index in [9.17, 15) is 9.59 Å². The molecule has 0 spiro atoms. The van der Waals surface area contributed by atoms with Gasteiger partial charge in [-0.2, -0.15) is 0 Å². The summed E-state index contributed by atoms with van der Waals surface area (Å²) in [6.45, 7) is 3.33. The van der Waals surface area contributed by atoms with Crippen LogP contribution in [0.3, 0.4) is 0 Å². The molecule has 0 saturated carbocycles. The topological polar surface area (TPSA) is 80.2 Å². The van der Waals surface area contributed by atoms with Crippen molar-refractivity contribution in [2.75, 3.05) is 19.5 Å². The van der Waals surface area contributed by atoms with Crippen LogP contribution >= 0.6 is 35.1 Å². The number of methoxy groups -OCH3 is 1. The van der Waals surface area contributed by atoms with E-state index >= 15 is 0 Å². The van der Waals surface area contributed by atoms with Crippen LogP contribution in [0.1, 0.15) is 24.8 Å². The molecule has 0 unspecified atom stereocenters. The summed E-state index contributed by atoms with van der Waals surface area (Å²) < 4.78 is 11.4. The zero-order chi connectivity index (χ0) is 22.4. The van der Waals surface area contributed by atoms with E-state index < -0.39 is 5.37 Å². The first-order valence-corrected chi connectivity index (χ1v) is 11.6. The third-order valence-corrected chi connectivity index (χ3v) is 6.48. The van der Waals surface area contributed by atoms with Gasteiger partial charge in [0.15, 0.2) is 16.7 Å². The number of amides is 2. The number of amidine groups is 1. The van der Waals surface area contributed by atoms with Gasteiger partial charge < -0.3 is 14.8 Å². The van der Waals surface area contributed by atoms with Crippen molar-refractivity contribution in [3.8, 4) is 11.5 Å². The highest BCUT2D eigenvalue weighted by Gasteiger charge is 2.32. The maximum Gasteiger partial charge on any atom is 0.241 e. The van der Waals surface area contributed by atoms with Crippen molar-refractivity contribution in [3.63, 3.8) is 0 Å². The van der Waals surface area contributed by atoms with E-state index in [0.29, 0.717) is 28.3 Å². The molecule has 0 fully saturated rings. The van der Waals surface area contributed by atoms with Gasteiger partial charge >= 0.3 is 0 Å². The Labute approximate surface area is 194 Å². The highest BCUT2D eigenvalue weighted by molar-refractivity contribution is 8.14. The fourth-order valence-electron chi connectivity index (χ4n) is 2.78. The van der Waals surface area contributed by atoms with E-state index in [0.717, 1.165) is 16.2 Å². The zero-order valence-electron chi connectivity index (χ0n) is 17.3.